The number of hydrogen-bond donors (Lipinski definition) is 2. The molecule has 5 nitrogen and oxygen atoms in total. The molecule has 0 saturated carbocycles. The summed E-state index contributed by atoms with van der Waals surface area (Å²) < 4.78 is 0. The zero-order chi connectivity index (χ0) is 14.8. The van der Waals surface area contributed by atoms with Crippen LogP contribution in [0.4, 0.5) is 5.95 Å². The van der Waals surface area contributed by atoms with Crippen LogP contribution in [0.5, 0.6) is 0 Å². The van der Waals surface area contributed by atoms with Crippen molar-refractivity contribution in [1.29, 1.82) is 0 Å². The summed E-state index contributed by atoms with van der Waals surface area (Å²) in [7, 11) is 2.03. The number of benzene rings is 1. The van der Waals surface area contributed by atoms with Crippen molar-refractivity contribution >= 4 is 5.95 Å². The second-order valence-electron chi connectivity index (χ2n) is 5.85. The van der Waals surface area contributed by atoms with Crippen LogP contribution in [0.3, 0.4) is 0 Å². The Bertz CT molecular complexity index is 611. The molecule has 1 aliphatic heterocycles. The normalized spacial score (nSPS) is 16.4. The van der Waals surface area contributed by atoms with E-state index in [1.807, 2.05) is 7.05 Å². The van der Waals surface area contributed by atoms with E-state index < -0.39 is 0 Å². The van der Waals surface area contributed by atoms with Crippen molar-refractivity contribution in [1.82, 2.24) is 20.5 Å². The Balaban J connectivity index is 1.77. The van der Waals surface area contributed by atoms with E-state index in [1.165, 1.54) is 11.1 Å². The molecule has 2 heterocycles. The fourth-order valence-corrected chi connectivity index (χ4v) is 2.96. The maximum absolute atomic E-state index is 4.68. The molecular formula is C16H23N5. The van der Waals surface area contributed by atoms with Crippen LogP contribution in [-0.4, -0.2) is 41.4 Å². The predicted molar refractivity (Wildman–Crippen MR) is 85.6 cm³/mol. The molecule has 1 aromatic heterocycles. The number of nitrogens with one attached hydrogen (secondary N) is 2. The second-order valence-corrected chi connectivity index (χ2v) is 5.85. The van der Waals surface area contributed by atoms with E-state index in [0.717, 1.165) is 43.3 Å². The summed E-state index contributed by atoms with van der Waals surface area (Å²) in [5, 5.41) is 10.8. The highest BCUT2D eigenvalue weighted by atomic mass is 15.4. The minimum Gasteiger partial charge on any atom is -0.339 e. The highest BCUT2D eigenvalue weighted by Crippen LogP contribution is 2.23. The standard InChI is InChI=1S/C16H23N5/c1-11-4-5-14(12(2)10-11)15-18-16(20-19-15)21-8-6-13(17-3)7-9-21/h4-5,10,13,17H,6-9H2,1-3H3,(H,18,19,20). The monoisotopic (exact) mass is 285 g/mol. The Morgan fingerprint density at radius 1 is 1.24 bits per heavy atom. The molecule has 1 aromatic carbocycles. The smallest absolute Gasteiger partial charge is 0.245 e. The predicted octanol–water partition coefficient (Wildman–Crippen LogP) is 2.28. The van der Waals surface area contributed by atoms with Crippen LogP contribution in [0.15, 0.2) is 18.2 Å². The van der Waals surface area contributed by atoms with Gasteiger partial charge in [-0.05, 0) is 39.3 Å². The van der Waals surface area contributed by atoms with Crippen molar-refractivity contribution in [3.05, 3.63) is 29.3 Å². The molecule has 0 unspecified atom stereocenters. The molecule has 1 fully saturated rings. The summed E-state index contributed by atoms with van der Waals surface area (Å²) in [5.74, 6) is 1.68. The van der Waals surface area contributed by atoms with Gasteiger partial charge in [0.15, 0.2) is 5.82 Å². The van der Waals surface area contributed by atoms with E-state index in [2.05, 4.69) is 57.4 Å². The maximum Gasteiger partial charge on any atom is 0.245 e. The van der Waals surface area contributed by atoms with Gasteiger partial charge in [0.1, 0.15) is 0 Å². The molecule has 0 amide bonds. The highest BCUT2D eigenvalue weighted by molar-refractivity contribution is 5.61. The Kier molecular flexibility index (Phi) is 3.92. The van der Waals surface area contributed by atoms with Gasteiger partial charge in [0.05, 0.1) is 0 Å². The third-order valence-corrected chi connectivity index (χ3v) is 4.30. The molecule has 5 heteroatoms. The lowest BCUT2D eigenvalue weighted by molar-refractivity contribution is 0.439. The largest absolute Gasteiger partial charge is 0.339 e. The van der Waals surface area contributed by atoms with Gasteiger partial charge in [0.2, 0.25) is 5.95 Å². The van der Waals surface area contributed by atoms with Crippen LogP contribution in [0.1, 0.15) is 24.0 Å². The molecule has 2 aromatic rings. The van der Waals surface area contributed by atoms with Gasteiger partial charge in [0, 0.05) is 24.7 Å². The van der Waals surface area contributed by atoms with Gasteiger partial charge < -0.3 is 10.2 Å². The first-order valence-electron chi connectivity index (χ1n) is 7.59. The minimum absolute atomic E-state index is 0.624. The zero-order valence-electron chi connectivity index (χ0n) is 13.0. The zero-order valence-corrected chi connectivity index (χ0v) is 13.0. The number of aryl methyl sites for hydroxylation is 2. The van der Waals surface area contributed by atoms with Gasteiger partial charge in [-0.1, -0.05) is 23.8 Å². The number of piperidine rings is 1. The first kappa shape index (κ1) is 14.1. The molecule has 21 heavy (non-hydrogen) atoms. The lowest BCUT2D eigenvalue weighted by Gasteiger charge is -2.30. The molecule has 0 atom stereocenters. The quantitative estimate of drug-likeness (QED) is 0.908. The first-order chi connectivity index (χ1) is 10.2. The van der Waals surface area contributed by atoms with Crippen LogP contribution in [0.25, 0.3) is 11.4 Å². The summed E-state index contributed by atoms with van der Waals surface area (Å²) >= 11 is 0. The molecule has 0 aliphatic carbocycles. The van der Waals surface area contributed by atoms with E-state index in [-0.39, 0.29) is 0 Å². The SMILES string of the molecule is CNC1CCN(c2n[nH]c(-c3ccc(C)cc3C)n2)CC1. The van der Waals surface area contributed by atoms with Gasteiger partial charge >= 0.3 is 0 Å². The van der Waals surface area contributed by atoms with Gasteiger partial charge in [-0.15, -0.1) is 5.10 Å². The molecule has 2 N–H and O–H groups in total. The maximum atomic E-state index is 4.68. The minimum atomic E-state index is 0.624. The van der Waals surface area contributed by atoms with Crippen molar-refractivity contribution in [2.75, 3.05) is 25.0 Å². The van der Waals surface area contributed by atoms with E-state index in [0.29, 0.717) is 6.04 Å². The summed E-state index contributed by atoms with van der Waals surface area (Å²) in [4.78, 5) is 6.95. The molecular weight excluding hydrogens is 262 g/mol. The average Bonchev–Trinajstić information content (AvgIpc) is 2.97. The number of aromatic amines is 1. The molecule has 112 valence electrons. The van der Waals surface area contributed by atoms with Crippen molar-refractivity contribution < 1.29 is 0 Å². The summed E-state index contributed by atoms with van der Waals surface area (Å²) in [6.45, 7) is 6.24. The molecule has 1 saturated heterocycles. The topological polar surface area (TPSA) is 56.8 Å². The number of rotatable bonds is 3. The molecule has 0 spiro atoms. The Hall–Kier alpha value is -1.88. The summed E-state index contributed by atoms with van der Waals surface area (Å²) in [5.41, 5.74) is 3.63. The van der Waals surface area contributed by atoms with Crippen molar-refractivity contribution in [2.45, 2.75) is 32.7 Å². The van der Waals surface area contributed by atoms with Gasteiger partial charge in [-0.25, -0.2) is 0 Å². The molecule has 1 aliphatic rings. The van der Waals surface area contributed by atoms with E-state index >= 15 is 0 Å². The van der Waals surface area contributed by atoms with Crippen LogP contribution in [-0.2, 0) is 0 Å². The van der Waals surface area contributed by atoms with E-state index in [4.69, 9.17) is 0 Å². The fraction of sp³-hybridized carbons (Fsp3) is 0.500. The lowest BCUT2D eigenvalue weighted by atomic mass is 10.1. The fourth-order valence-electron chi connectivity index (χ4n) is 2.96. The number of hydrogen-bond acceptors (Lipinski definition) is 4. The Morgan fingerprint density at radius 3 is 2.67 bits per heavy atom. The van der Waals surface area contributed by atoms with Crippen LogP contribution in [0, 0.1) is 13.8 Å². The third-order valence-electron chi connectivity index (χ3n) is 4.30. The van der Waals surface area contributed by atoms with Crippen molar-refractivity contribution in [3.63, 3.8) is 0 Å². The number of nitrogens with zero attached hydrogens (tertiary/aromatic N) is 3. The Labute approximate surface area is 125 Å². The summed E-state index contributed by atoms with van der Waals surface area (Å²) in [6.07, 6.45) is 2.29. The first-order valence-corrected chi connectivity index (χ1v) is 7.59. The second kappa shape index (κ2) is 5.85. The van der Waals surface area contributed by atoms with E-state index in [1.54, 1.807) is 0 Å². The average molecular weight is 285 g/mol. The van der Waals surface area contributed by atoms with Crippen LogP contribution < -0.4 is 10.2 Å². The molecule has 0 bridgehead atoms. The third kappa shape index (κ3) is 2.93. The number of H-pyrrole nitrogens is 1. The van der Waals surface area contributed by atoms with E-state index in [9.17, 15) is 0 Å². The van der Waals surface area contributed by atoms with Crippen molar-refractivity contribution in [3.8, 4) is 11.4 Å². The number of anilines is 1. The molecule has 3 rings (SSSR count). The number of aromatic nitrogens is 3. The van der Waals surface area contributed by atoms with Crippen LogP contribution in [0.2, 0.25) is 0 Å². The molecule has 0 radical (unpaired) electrons. The van der Waals surface area contributed by atoms with Crippen molar-refractivity contribution in [2.24, 2.45) is 0 Å². The Morgan fingerprint density at radius 2 is 2.00 bits per heavy atom. The lowest BCUT2D eigenvalue weighted by Crippen LogP contribution is -2.41. The highest BCUT2D eigenvalue weighted by Gasteiger charge is 2.21. The van der Waals surface area contributed by atoms with Gasteiger partial charge in [-0.2, -0.15) is 4.98 Å². The van der Waals surface area contributed by atoms with Gasteiger partial charge in [-0.3, -0.25) is 5.10 Å². The summed E-state index contributed by atoms with van der Waals surface area (Å²) in [6, 6.07) is 7.03. The van der Waals surface area contributed by atoms with Crippen LogP contribution >= 0.6 is 0 Å². The van der Waals surface area contributed by atoms with Gasteiger partial charge in [0.25, 0.3) is 0 Å².